The summed E-state index contributed by atoms with van der Waals surface area (Å²) in [6.07, 6.45) is 1.25. The van der Waals surface area contributed by atoms with E-state index in [9.17, 15) is 4.39 Å². The molecule has 3 nitrogen and oxygen atoms in total. The van der Waals surface area contributed by atoms with E-state index < -0.39 is 0 Å². The van der Waals surface area contributed by atoms with Crippen molar-refractivity contribution in [2.24, 2.45) is 11.8 Å². The van der Waals surface area contributed by atoms with E-state index in [1.54, 1.807) is 13.0 Å². The van der Waals surface area contributed by atoms with E-state index in [0.29, 0.717) is 18.1 Å². The van der Waals surface area contributed by atoms with Crippen molar-refractivity contribution >= 4 is 0 Å². The third-order valence-corrected chi connectivity index (χ3v) is 3.42. The number of nitrogens with one attached hydrogen (secondary N) is 1. The van der Waals surface area contributed by atoms with Crippen molar-refractivity contribution < 1.29 is 9.13 Å². The molecule has 17 heavy (non-hydrogen) atoms. The molecule has 1 heterocycles. The van der Waals surface area contributed by atoms with Crippen LogP contribution in [0.15, 0.2) is 18.2 Å². The molecule has 1 aliphatic rings. The van der Waals surface area contributed by atoms with Gasteiger partial charge in [-0.15, -0.1) is 0 Å². The van der Waals surface area contributed by atoms with Gasteiger partial charge < -0.3 is 4.74 Å². The summed E-state index contributed by atoms with van der Waals surface area (Å²) in [7, 11) is 0. The Hall–Kier alpha value is -0.970. The number of nitrogens with two attached hydrogens (primary N) is 1. The minimum absolute atomic E-state index is 0.0271. The second kappa shape index (κ2) is 5.12. The highest BCUT2D eigenvalue weighted by molar-refractivity contribution is 5.27. The molecule has 3 N–H and O–H groups in total. The fraction of sp³-hybridized carbons (Fsp3) is 0.538. The van der Waals surface area contributed by atoms with Gasteiger partial charge in [0.25, 0.3) is 0 Å². The molecule has 1 aromatic carbocycles. The van der Waals surface area contributed by atoms with Gasteiger partial charge in [0.2, 0.25) is 0 Å². The van der Waals surface area contributed by atoms with E-state index in [0.717, 1.165) is 12.0 Å². The van der Waals surface area contributed by atoms with Gasteiger partial charge in [-0.05, 0) is 37.5 Å². The summed E-state index contributed by atoms with van der Waals surface area (Å²) in [6.45, 7) is 4.52. The zero-order valence-electron chi connectivity index (χ0n) is 10.2. The van der Waals surface area contributed by atoms with Crippen LogP contribution >= 0.6 is 0 Å². The Morgan fingerprint density at radius 2 is 2.29 bits per heavy atom. The average molecular weight is 238 g/mol. The third-order valence-electron chi connectivity index (χ3n) is 3.42. The molecule has 1 fully saturated rings. The van der Waals surface area contributed by atoms with Gasteiger partial charge >= 0.3 is 0 Å². The lowest BCUT2D eigenvalue weighted by Gasteiger charge is -2.22. The summed E-state index contributed by atoms with van der Waals surface area (Å²) < 4.78 is 18.8. The lowest BCUT2D eigenvalue weighted by Crippen LogP contribution is -2.34. The van der Waals surface area contributed by atoms with Gasteiger partial charge in [0.1, 0.15) is 5.82 Å². The molecule has 0 radical (unpaired) electrons. The van der Waals surface area contributed by atoms with Crippen LogP contribution < -0.4 is 11.3 Å². The maximum Gasteiger partial charge on any atom is 0.126 e. The van der Waals surface area contributed by atoms with Crippen LogP contribution in [-0.4, -0.2) is 12.7 Å². The molecule has 1 aromatic rings. The van der Waals surface area contributed by atoms with Crippen molar-refractivity contribution in [3.8, 4) is 0 Å². The summed E-state index contributed by atoms with van der Waals surface area (Å²) in [6, 6.07) is 5.16. The predicted octanol–water partition coefficient (Wildman–Crippen LogP) is 2.06. The Morgan fingerprint density at radius 3 is 2.82 bits per heavy atom. The van der Waals surface area contributed by atoms with E-state index in [2.05, 4.69) is 12.3 Å². The molecular weight excluding hydrogens is 219 g/mol. The van der Waals surface area contributed by atoms with Crippen LogP contribution in [0.2, 0.25) is 0 Å². The van der Waals surface area contributed by atoms with Gasteiger partial charge in [0, 0.05) is 5.92 Å². The van der Waals surface area contributed by atoms with Crippen LogP contribution in [0.1, 0.15) is 30.5 Å². The highest BCUT2D eigenvalue weighted by Crippen LogP contribution is 2.31. The molecule has 1 saturated heterocycles. The second-order valence-corrected chi connectivity index (χ2v) is 4.79. The van der Waals surface area contributed by atoms with Crippen LogP contribution in [0.5, 0.6) is 0 Å². The Morgan fingerprint density at radius 1 is 1.53 bits per heavy atom. The molecule has 0 aliphatic carbocycles. The van der Waals surface area contributed by atoms with Crippen LogP contribution in [-0.2, 0) is 4.74 Å². The lowest BCUT2D eigenvalue weighted by molar-refractivity contribution is 0.117. The monoisotopic (exact) mass is 238 g/mol. The standard InChI is InChI=1S/C13H19FN2O/c1-8-5-10(3-4-12(8)14)13(16-15)11-6-9(2)17-7-11/h3-5,9,11,13,16H,6-7,15H2,1-2H3. The highest BCUT2D eigenvalue weighted by atomic mass is 19.1. The minimum Gasteiger partial charge on any atom is -0.378 e. The first-order chi connectivity index (χ1) is 8.11. The van der Waals surface area contributed by atoms with Gasteiger partial charge in [-0.25, -0.2) is 4.39 Å². The molecule has 0 saturated carbocycles. The number of hydrazine groups is 1. The van der Waals surface area contributed by atoms with Crippen molar-refractivity contribution in [2.45, 2.75) is 32.4 Å². The van der Waals surface area contributed by atoms with E-state index >= 15 is 0 Å². The Bertz CT molecular complexity index is 397. The van der Waals surface area contributed by atoms with Crippen molar-refractivity contribution in [3.63, 3.8) is 0 Å². The zero-order chi connectivity index (χ0) is 12.4. The molecule has 94 valence electrons. The Kier molecular flexibility index (Phi) is 3.76. The Labute approximate surface area is 101 Å². The quantitative estimate of drug-likeness (QED) is 0.626. The van der Waals surface area contributed by atoms with Gasteiger partial charge in [-0.2, -0.15) is 0 Å². The molecule has 1 aliphatic heterocycles. The zero-order valence-corrected chi connectivity index (χ0v) is 10.2. The molecule has 3 atom stereocenters. The minimum atomic E-state index is -0.180. The highest BCUT2D eigenvalue weighted by Gasteiger charge is 2.30. The molecule has 0 bridgehead atoms. The molecule has 4 heteroatoms. The number of hydrogen-bond acceptors (Lipinski definition) is 3. The maximum absolute atomic E-state index is 13.2. The van der Waals surface area contributed by atoms with E-state index in [1.807, 2.05) is 6.07 Å². The average Bonchev–Trinajstić information content (AvgIpc) is 2.71. The first-order valence-corrected chi connectivity index (χ1v) is 5.95. The van der Waals surface area contributed by atoms with Crippen molar-refractivity contribution in [1.82, 2.24) is 5.43 Å². The normalized spacial score (nSPS) is 26.1. The van der Waals surface area contributed by atoms with Crippen LogP contribution in [0.3, 0.4) is 0 Å². The summed E-state index contributed by atoms with van der Waals surface area (Å²) >= 11 is 0. The number of halogens is 1. The van der Waals surface area contributed by atoms with Crippen molar-refractivity contribution in [2.75, 3.05) is 6.61 Å². The van der Waals surface area contributed by atoms with E-state index in [-0.39, 0.29) is 18.0 Å². The van der Waals surface area contributed by atoms with Crippen molar-refractivity contribution in [1.29, 1.82) is 0 Å². The van der Waals surface area contributed by atoms with Crippen LogP contribution in [0.25, 0.3) is 0 Å². The number of ether oxygens (including phenoxy) is 1. The topological polar surface area (TPSA) is 47.3 Å². The molecular formula is C13H19FN2O. The summed E-state index contributed by atoms with van der Waals surface area (Å²) in [4.78, 5) is 0. The molecule has 0 spiro atoms. The lowest BCUT2D eigenvalue weighted by atomic mass is 9.91. The predicted molar refractivity (Wildman–Crippen MR) is 64.7 cm³/mol. The number of aryl methyl sites for hydroxylation is 1. The van der Waals surface area contributed by atoms with Gasteiger partial charge in [-0.3, -0.25) is 11.3 Å². The largest absolute Gasteiger partial charge is 0.378 e. The van der Waals surface area contributed by atoms with Gasteiger partial charge in [0.05, 0.1) is 18.8 Å². The second-order valence-electron chi connectivity index (χ2n) is 4.79. The molecule has 0 aromatic heterocycles. The number of benzene rings is 1. The van der Waals surface area contributed by atoms with Gasteiger partial charge in [0.15, 0.2) is 0 Å². The Balaban J connectivity index is 2.20. The fourth-order valence-electron chi connectivity index (χ4n) is 2.45. The summed E-state index contributed by atoms with van der Waals surface area (Å²) in [5.74, 6) is 5.79. The smallest absolute Gasteiger partial charge is 0.126 e. The number of hydrogen-bond donors (Lipinski definition) is 2. The third kappa shape index (κ3) is 2.65. The van der Waals surface area contributed by atoms with Crippen LogP contribution in [0, 0.1) is 18.7 Å². The first kappa shape index (κ1) is 12.5. The summed E-state index contributed by atoms with van der Waals surface area (Å²) in [5.41, 5.74) is 4.50. The SMILES string of the molecule is Cc1cc(C(NN)C2COC(C)C2)ccc1F. The van der Waals surface area contributed by atoms with Crippen molar-refractivity contribution in [3.05, 3.63) is 35.1 Å². The van der Waals surface area contributed by atoms with E-state index in [1.165, 1.54) is 6.07 Å². The fourth-order valence-corrected chi connectivity index (χ4v) is 2.45. The number of rotatable bonds is 3. The maximum atomic E-state index is 13.2. The molecule has 0 amide bonds. The molecule has 2 rings (SSSR count). The van der Waals surface area contributed by atoms with Gasteiger partial charge in [-0.1, -0.05) is 12.1 Å². The molecule has 3 unspecified atom stereocenters. The van der Waals surface area contributed by atoms with E-state index in [4.69, 9.17) is 10.6 Å². The van der Waals surface area contributed by atoms with Crippen LogP contribution in [0.4, 0.5) is 4.39 Å². The first-order valence-electron chi connectivity index (χ1n) is 5.95. The summed E-state index contributed by atoms with van der Waals surface area (Å²) in [5, 5.41) is 0.